The minimum absolute atomic E-state index is 0.0981. The number of aromatic nitrogens is 4. The number of thioether (sulfide) groups is 1. The molecule has 2 aromatic carbocycles. The summed E-state index contributed by atoms with van der Waals surface area (Å²) in [5, 5.41) is 21.1. The highest BCUT2D eigenvalue weighted by Crippen LogP contribution is 2.21. The number of tetrazole rings is 1. The Morgan fingerprint density at radius 2 is 1.81 bits per heavy atom. The largest absolute Gasteiger partial charge is 0.311 e. The molecule has 0 fully saturated rings. The van der Waals surface area contributed by atoms with E-state index in [1.807, 2.05) is 60.7 Å². The van der Waals surface area contributed by atoms with Gasteiger partial charge < -0.3 is 4.90 Å². The molecule has 0 atom stereocenters. The molecule has 3 aromatic rings. The fourth-order valence-electron chi connectivity index (χ4n) is 2.37. The van der Waals surface area contributed by atoms with Gasteiger partial charge in [0.05, 0.1) is 23.9 Å². The first-order chi connectivity index (χ1) is 12.8. The minimum atomic E-state index is -0.0981. The van der Waals surface area contributed by atoms with Crippen LogP contribution < -0.4 is 4.90 Å². The summed E-state index contributed by atoms with van der Waals surface area (Å²) in [6.45, 7) is 0.351. The molecule has 0 aliphatic rings. The Balaban J connectivity index is 1.71. The van der Waals surface area contributed by atoms with Gasteiger partial charge >= 0.3 is 0 Å². The van der Waals surface area contributed by atoms with Crippen molar-refractivity contribution < 1.29 is 4.79 Å². The van der Waals surface area contributed by atoms with Crippen LogP contribution in [0.15, 0.2) is 65.8 Å². The second-order valence-electron chi connectivity index (χ2n) is 5.29. The number of amides is 1. The van der Waals surface area contributed by atoms with Gasteiger partial charge in [0.1, 0.15) is 0 Å². The number of hydrogen-bond donors (Lipinski definition) is 0. The molecule has 0 aliphatic carbocycles. The van der Waals surface area contributed by atoms with Crippen LogP contribution in [0.2, 0.25) is 0 Å². The molecule has 26 heavy (non-hydrogen) atoms. The zero-order chi connectivity index (χ0) is 18.2. The number of nitriles is 1. The lowest BCUT2D eigenvalue weighted by Gasteiger charge is -2.21. The van der Waals surface area contributed by atoms with E-state index in [0.29, 0.717) is 11.7 Å². The maximum absolute atomic E-state index is 12.7. The Morgan fingerprint density at radius 3 is 2.50 bits per heavy atom. The lowest BCUT2D eigenvalue weighted by atomic mass is 10.2. The lowest BCUT2D eigenvalue weighted by molar-refractivity contribution is -0.116. The van der Waals surface area contributed by atoms with Crippen molar-refractivity contribution in [3.8, 4) is 11.8 Å². The quantitative estimate of drug-likeness (QED) is 0.599. The van der Waals surface area contributed by atoms with E-state index in [1.165, 1.54) is 11.8 Å². The Kier molecular flexibility index (Phi) is 5.96. The van der Waals surface area contributed by atoms with E-state index in [-0.39, 0.29) is 18.1 Å². The van der Waals surface area contributed by atoms with Gasteiger partial charge in [-0.2, -0.15) is 9.94 Å². The van der Waals surface area contributed by atoms with Crippen molar-refractivity contribution >= 4 is 23.4 Å². The molecule has 0 aliphatic heterocycles. The Labute approximate surface area is 155 Å². The molecule has 1 amide bonds. The van der Waals surface area contributed by atoms with Crippen LogP contribution in [-0.4, -0.2) is 38.4 Å². The first kappa shape index (κ1) is 17.6. The molecule has 0 radical (unpaired) electrons. The first-order valence-corrected chi connectivity index (χ1v) is 8.97. The number of carbonyl (C=O) groups is 1. The van der Waals surface area contributed by atoms with Crippen molar-refractivity contribution in [2.45, 2.75) is 11.6 Å². The molecule has 1 aromatic heterocycles. The average molecular weight is 364 g/mol. The summed E-state index contributed by atoms with van der Waals surface area (Å²) < 4.78 is 1.60. The third-order valence-corrected chi connectivity index (χ3v) is 4.49. The molecule has 0 spiro atoms. The first-order valence-electron chi connectivity index (χ1n) is 7.98. The lowest BCUT2D eigenvalue weighted by Crippen LogP contribution is -2.33. The number of rotatable bonds is 7. The second kappa shape index (κ2) is 8.78. The van der Waals surface area contributed by atoms with E-state index in [9.17, 15) is 4.79 Å². The van der Waals surface area contributed by atoms with Crippen LogP contribution in [-0.2, 0) is 4.79 Å². The van der Waals surface area contributed by atoms with Gasteiger partial charge in [0.2, 0.25) is 11.1 Å². The summed E-state index contributed by atoms with van der Waals surface area (Å²) in [6.07, 6.45) is 0.271. The van der Waals surface area contributed by atoms with E-state index in [1.54, 1.807) is 9.58 Å². The molecule has 0 saturated carbocycles. The van der Waals surface area contributed by atoms with E-state index >= 15 is 0 Å². The highest BCUT2D eigenvalue weighted by atomic mass is 32.2. The van der Waals surface area contributed by atoms with E-state index in [0.717, 1.165) is 11.4 Å². The van der Waals surface area contributed by atoms with Gasteiger partial charge in [-0.15, -0.1) is 5.10 Å². The van der Waals surface area contributed by atoms with Gasteiger partial charge in [-0.3, -0.25) is 4.79 Å². The highest BCUT2D eigenvalue weighted by Gasteiger charge is 2.18. The molecule has 7 nitrogen and oxygen atoms in total. The molecule has 3 rings (SSSR count). The van der Waals surface area contributed by atoms with Gasteiger partial charge in [0.25, 0.3) is 0 Å². The van der Waals surface area contributed by atoms with E-state index < -0.39 is 0 Å². The van der Waals surface area contributed by atoms with Gasteiger partial charge in [0.15, 0.2) is 0 Å². The van der Waals surface area contributed by atoms with Crippen molar-refractivity contribution in [2.75, 3.05) is 17.2 Å². The van der Waals surface area contributed by atoms with Crippen LogP contribution in [0.4, 0.5) is 5.69 Å². The topological polar surface area (TPSA) is 87.7 Å². The number of benzene rings is 2. The summed E-state index contributed by atoms with van der Waals surface area (Å²) in [7, 11) is 0. The van der Waals surface area contributed by atoms with Gasteiger partial charge in [-0.1, -0.05) is 48.2 Å². The van der Waals surface area contributed by atoms with Crippen molar-refractivity contribution in [1.82, 2.24) is 20.2 Å². The average Bonchev–Trinajstić information content (AvgIpc) is 3.17. The van der Waals surface area contributed by atoms with Crippen LogP contribution in [0.1, 0.15) is 6.42 Å². The maximum Gasteiger partial charge on any atom is 0.237 e. The number of para-hydroxylation sites is 2. The maximum atomic E-state index is 12.7. The van der Waals surface area contributed by atoms with Crippen molar-refractivity contribution in [1.29, 1.82) is 5.26 Å². The van der Waals surface area contributed by atoms with Crippen LogP contribution in [0.3, 0.4) is 0 Å². The molecule has 0 bridgehead atoms. The SMILES string of the molecule is N#CCCN(C(=O)CSc1nnnn1-c1ccccc1)c1ccccc1. The summed E-state index contributed by atoms with van der Waals surface area (Å²) >= 11 is 1.27. The molecular formula is C18H16N6OS. The van der Waals surface area contributed by atoms with Crippen molar-refractivity contribution in [3.05, 3.63) is 60.7 Å². The fourth-order valence-corrected chi connectivity index (χ4v) is 3.14. The zero-order valence-electron chi connectivity index (χ0n) is 13.9. The third-order valence-electron chi connectivity index (χ3n) is 3.58. The smallest absolute Gasteiger partial charge is 0.237 e. The molecule has 0 unspecified atom stereocenters. The number of anilines is 1. The van der Waals surface area contributed by atoms with Crippen LogP contribution >= 0.6 is 11.8 Å². The van der Waals surface area contributed by atoms with Gasteiger partial charge in [-0.25, -0.2) is 0 Å². The normalized spacial score (nSPS) is 10.3. The molecule has 8 heteroatoms. The predicted molar refractivity (Wildman–Crippen MR) is 98.9 cm³/mol. The molecule has 0 saturated heterocycles. The Hall–Kier alpha value is -3.18. The van der Waals surface area contributed by atoms with E-state index in [2.05, 4.69) is 21.6 Å². The minimum Gasteiger partial charge on any atom is -0.311 e. The van der Waals surface area contributed by atoms with Crippen molar-refractivity contribution in [2.24, 2.45) is 0 Å². The van der Waals surface area contributed by atoms with E-state index in [4.69, 9.17) is 5.26 Å². The molecular weight excluding hydrogens is 348 g/mol. The molecule has 130 valence electrons. The second-order valence-corrected chi connectivity index (χ2v) is 6.23. The van der Waals surface area contributed by atoms with Gasteiger partial charge in [0, 0.05) is 12.2 Å². The standard InChI is InChI=1S/C18H16N6OS/c19-12-7-13-23(15-8-3-1-4-9-15)17(25)14-26-18-20-21-22-24(18)16-10-5-2-6-11-16/h1-6,8-11H,7,13-14H2. The fraction of sp³-hybridized carbons (Fsp3) is 0.167. The zero-order valence-corrected chi connectivity index (χ0v) is 14.7. The number of nitrogens with zero attached hydrogens (tertiary/aromatic N) is 6. The Bertz CT molecular complexity index is 891. The summed E-state index contributed by atoms with van der Waals surface area (Å²) in [6, 6.07) is 20.9. The number of hydrogen-bond acceptors (Lipinski definition) is 6. The van der Waals surface area contributed by atoms with Crippen LogP contribution in [0, 0.1) is 11.3 Å². The van der Waals surface area contributed by atoms with Gasteiger partial charge in [-0.05, 0) is 34.7 Å². The monoisotopic (exact) mass is 364 g/mol. The Morgan fingerprint density at radius 1 is 1.12 bits per heavy atom. The predicted octanol–water partition coefficient (Wildman–Crippen LogP) is 2.70. The van der Waals surface area contributed by atoms with Crippen molar-refractivity contribution in [3.63, 3.8) is 0 Å². The summed E-state index contributed by atoms with van der Waals surface area (Å²) in [5.74, 6) is 0.0760. The molecule has 1 heterocycles. The number of carbonyl (C=O) groups excluding carboxylic acids is 1. The third kappa shape index (κ3) is 4.26. The van der Waals surface area contributed by atoms with Crippen LogP contribution in [0.5, 0.6) is 0 Å². The highest BCUT2D eigenvalue weighted by molar-refractivity contribution is 7.99. The summed E-state index contributed by atoms with van der Waals surface area (Å²) in [5.41, 5.74) is 1.60. The summed E-state index contributed by atoms with van der Waals surface area (Å²) in [4.78, 5) is 14.3. The van der Waals surface area contributed by atoms with Crippen LogP contribution in [0.25, 0.3) is 5.69 Å². The molecule has 0 N–H and O–H groups in total.